The molecule has 0 bridgehead atoms. The van der Waals surface area contributed by atoms with Gasteiger partial charge in [-0.2, -0.15) is 0 Å². The van der Waals surface area contributed by atoms with E-state index >= 15 is 4.39 Å². The maximum atomic E-state index is 15.2. The minimum absolute atomic E-state index is 0.0677. The topological polar surface area (TPSA) is 85.6 Å². The second-order valence-corrected chi connectivity index (χ2v) is 11.5. The van der Waals surface area contributed by atoms with Gasteiger partial charge in [0.25, 0.3) is 6.43 Å². The molecule has 0 aliphatic carbocycles. The maximum Gasteiger partial charge on any atom is 0.251 e. The van der Waals surface area contributed by atoms with Crippen LogP contribution in [0.4, 0.5) is 19.0 Å². The highest BCUT2D eigenvalue weighted by Crippen LogP contribution is 2.43. The third-order valence-corrected chi connectivity index (χ3v) is 7.74. The maximum absolute atomic E-state index is 15.2. The number of ether oxygens (including phenoxy) is 1. The number of anilines is 1. The van der Waals surface area contributed by atoms with Gasteiger partial charge in [-0.3, -0.25) is 4.90 Å². The van der Waals surface area contributed by atoms with Crippen molar-refractivity contribution < 1.29 is 23.0 Å². The Balaban J connectivity index is 1.70. The van der Waals surface area contributed by atoms with Gasteiger partial charge in [0.15, 0.2) is 5.82 Å². The molecule has 1 aromatic carbocycles. The number of hydrogen-bond donors (Lipinski definition) is 2. The molecule has 2 fully saturated rings. The fraction of sp³-hybridized carbons (Fsp3) is 0.567. The first-order valence-corrected chi connectivity index (χ1v) is 13.9. The molecule has 0 radical (unpaired) electrons. The lowest BCUT2D eigenvalue weighted by atomic mass is 9.79. The van der Waals surface area contributed by atoms with Crippen LogP contribution < -0.4 is 9.64 Å². The molecule has 10 heteroatoms. The fourth-order valence-corrected chi connectivity index (χ4v) is 5.89. The number of allylic oxidation sites excluding steroid dienone is 2. The predicted molar refractivity (Wildman–Crippen MR) is 152 cm³/mol. The van der Waals surface area contributed by atoms with Crippen molar-refractivity contribution >= 4 is 17.1 Å². The van der Waals surface area contributed by atoms with Crippen molar-refractivity contribution in [3.63, 3.8) is 0 Å². The number of aromatic nitrogens is 2. The zero-order valence-corrected chi connectivity index (χ0v) is 24.0. The largest absolute Gasteiger partial charge is 0.491 e. The van der Waals surface area contributed by atoms with Crippen LogP contribution in [0.3, 0.4) is 0 Å². The summed E-state index contributed by atoms with van der Waals surface area (Å²) in [5, 5.41) is 18.5. The van der Waals surface area contributed by atoms with Gasteiger partial charge in [0, 0.05) is 41.9 Å². The second kappa shape index (κ2) is 12.3. The average Bonchev–Trinajstić information content (AvgIpc) is 3.27. The van der Waals surface area contributed by atoms with Gasteiger partial charge in [-0.15, -0.1) is 0 Å². The van der Waals surface area contributed by atoms with E-state index < -0.39 is 18.3 Å². The molecule has 0 amide bonds. The normalized spacial score (nSPS) is 17.3. The molecule has 2 aliphatic heterocycles. The molecule has 7 nitrogen and oxygen atoms in total. The van der Waals surface area contributed by atoms with Crippen LogP contribution in [0.2, 0.25) is 0 Å². The molecular formula is C30H40F3N5O2. The summed E-state index contributed by atoms with van der Waals surface area (Å²) in [6, 6.07) is 4.36. The molecule has 4 rings (SSSR count). The van der Waals surface area contributed by atoms with Gasteiger partial charge in [0.2, 0.25) is 0 Å². The number of aliphatic hydroxyl groups excluding tert-OH is 1. The van der Waals surface area contributed by atoms with Crippen molar-refractivity contribution in [1.82, 2.24) is 14.9 Å². The molecule has 218 valence electrons. The van der Waals surface area contributed by atoms with Gasteiger partial charge in [0.05, 0.1) is 23.9 Å². The lowest BCUT2D eigenvalue weighted by Gasteiger charge is -2.49. The number of benzene rings is 1. The Kier molecular flexibility index (Phi) is 9.19. The number of nitrogens with one attached hydrogen (secondary N) is 1. The van der Waals surface area contributed by atoms with E-state index in [2.05, 4.69) is 4.90 Å². The van der Waals surface area contributed by atoms with E-state index in [1.54, 1.807) is 13.0 Å². The highest BCUT2D eigenvalue weighted by atomic mass is 19.3. The molecule has 2 N–H and O–H groups in total. The SMILES string of the molecule is CCC[C@@H](O)COc1ccc(F)c(-c2nc(C(C(C)=N)=C(C)C)c(C)c(N3CC4(CCN(CC(F)F)C4)C3)n2)c1. The van der Waals surface area contributed by atoms with Crippen molar-refractivity contribution in [2.24, 2.45) is 5.41 Å². The number of hydrogen-bond acceptors (Lipinski definition) is 7. The lowest BCUT2D eigenvalue weighted by Crippen LogP contribution is -2.58. The molecule has 2 aliphatic rings. The van der Waals surface area contributed by atoms with E-state index in [-0.39, 0.29) is 30.0 Å². The Morgan fingerprint density at radius 2 is 1.90 bits per heavy atom. The van der Waals surface area contributed by atoms with Gasteiger partial charge in [-0.05, 0) is 65.3 Å². The molecule has 3 heterocycles. The minimum Gasteiger partial charge on any atom is -0.491 e. The van der Waals surface area contributed by atoms with Crippen molar-refractivity contribution in [1.29, 1.82) is 5.41 Å². The standard InChI is InChI=1S/C30H40F3N5O2/c1-6-7-21(39)14-40-22-8-9-24(31)23(12-22)28-35-27(26(18(2)3)20(5)34)19(4)29(36-28)38-16-30(17-38)10-11-37(15-30)13-25(32)33/h8-9,12,21,25,34,39H,6-7,10-11,13-17H2,1-5H3/t21-/m1/s1. The summed E-state index contributed by atoms with van der Waals surface area (Å²) in [4.78, 5) is 13.5. The summed E-state index contributed by atoms with van der Waals surface area (Å²) in [7, 11) is 0. The molecule has 0 unspecified atom stereocenters. The molecule has 0 saturated carbocycles. The van der Waals surface area contributed by atoms with Gasteiger partial charge < -0.3 is 20.2 Å². The quantitative estimate of drug-likeness (QED) is 0.342. The number of likely N-dealkylation sites (tertiary alicyclic amines) is 1. The van der Waals surface area contributed by atoms with E-state index in [1.165, 1.54) is 12.1 Å². The Bertz CT molecular complexity index is 1270. The van der Waals surface area contributed by atoms with E-state index in [4.69, 9.17) is 20.1 Å². The van der Waals surface area contributed by atoms with Crippen molar-refractivity contribution in [3.8, 4) is 17.1 Å². The summed E-state index contributed by atoms with van der Waals surface area (Å²) < 4.78 is 46.9. The van der Waals surface area contributed by atoms with Crippen LogP contribution in [-0.4, -0.2) is 77.5 Å². The van der Waals surface area contributed by atoms with Crippen molar-refractivity contribution in [3.05, 3.63) is 40.8 Å². The Morgan fingerprint density at radius 1 is 1.18 bits per heavy atom. The first-order chi connectivity index (χ1) is 18.9. The third kappa shape index (κ3) is 6.49. The Hall–Kier alpha value is -2.98. The Labute approximate surface area is 234 Å². The molecular weight excluding hydrogens is 519 g/mol. The fourth-order valence-electron chi connectivity index (χ4n) is 5.89. The van der Waals surface area contributed by atoms with E-state index in [9.17, 15) is 13.9 Å². The minimum atomic E-state index is -2.35. The summed E-state index contributed by atoms with van der Waals surface area (Å²) in [5.41, 5.74) is 3.40. The molecule has 1 aromatic heterocycles. The van der Waals surface area contributed by atoms with Crippen LogP contribution in [-0.2, 0) is 0 Å². The van der Waals surface area contributed by atoms with Crippen LogP contribution in [0.5, 0.6) is 5.75 Å². The van der Waals surface area contributed by atoms with Gasteiger partial charge in [-0.25, -0.2) is 23.1 Å². The summed E-state index contributed by atoms with van der Waals surface area (Å²) >= 11 is 0. The zero-order chi connectivity index (χ0) is 29.2. The van der Waals surface area contributed by atoms with Crippen LogP contribution in [0.15, 0.2) is 23.8 Å². The first kappa shape index (κ1) is 30.0. The first-order valence-electron chi connectivity index (χ1n) is 13.9. The number of nitrogens with zero attached hydrogens (tertiary/aromatic N) is 4. The molecule has 1 atom stereocenters. The monoisotopic (exact) mass is 559 g/mol. The number of alkyl halides is 2. The van der Waals surface area contributed by atoms with E-state index in [0.29, 0.717) is 61.1 Å². The van der Waals surface area contributed by atoms with Crippen LogP contribution in [0, 0.1) is 23.6 Å². The molecule has 2 aromatic rings. The molecule has 1 spiro atoms. The Morgan fingerprint density at radius 3 is 2.52 bits per heavy atom. The smallest absolute Gasteiger partial charge is 0.251 e. The summed E-state index contributed by atoms with van der Waals surface area (Å²) in [6.07, 6.45) is -0.695. The van der Waals surface area contributed by atoms with Crippen LogP contribution in [0.25, 0.3) is 17.0 Å². The number of aliphatic hydroxyl groups is 1. The van der Waals surface area contributed by atoms with Gasteiger partial charge in [-0.1, -0.05) is 18.9 Å². The highest BCUT2D eigenvalue weighted by molar-refractivity contribution is 6.22. The summed E-state index contributed by atoms with van der Waals surface area (Å²) in [5.74, 6) is 0.727. The van der Waals surface area contributed by atoms with Crippen molar-refractivity contribution in [2.75, 3.05) is 44.2 Å². The second-order valence-electron chi connectivity index (χ2n) is 11.5. The van der Waals surface area contributed by atoms with Gasteiger partial charge in [0.1, 0.15) is 24.0 Å². The highest BCUT2D eigenvalue weighted by Gasteiger charge is 2.48. The van der Waals surface area contributed by atoms with Crippen molar-refractivity contribution in [2.45, 2.75) is 66.4 Å². The molecule has 40 heavy (non-hydrogen) atoms. The van der Waals surface area contributed by atoms with E-state index in [1.807, 2.05) is 32.6 Å². The third-order valence-electron chi connectivity index (χ3n) is 7.74. The number of halogens is 3. The predicted octanol–water partition coefficient (Wildman–Crippen LogP) is 5.74. The molecule has 2 saturated heterocycles. The summed E-state index contributed by atoms with van der Waals surface area (Å²) in [6.45, 7) is 11.9. The van der Waals surface area contributed by atoms with Gasteiger partial charge >= 0.3 is 0 Å². The average molecular weight is 560 g/mol. The van der Waals surface area contributed by atoms with Crippen LogP contribution in [0.1, 0.15) is 58.2 Å². The lowest BCUT2D eigenvalue weighted by molar-refractivity contribution is 0.0900. The zero-order valence-electron chi connectivity index (χ0n) is 24.0. The van der Waals surface area contributed by atoms with Crippen LogP contribution >= 0.6 is 0 Å². The number of rotatable bonds is 11. The van der Waals surface area contributed by atoms with E-state index in [0.717, 1.165) is 24.0 Å².